The normalized spacial score (nSPS) is 23.7. The largest absolute Gasteiger partial charge is 0.343 e. The average molecular weight is 206 g/mol. The van der Waals surface area contributed by atoms with Gasteiger partial charge in [0.05, 0.1) is 19.6 Å². The molecule has 0 N–H and O–H groups in total. The van der Waals surface area contributed by atoms with Gasteiger partial charge in [-0.2, -0.15) is 0 Å². The van der Waals surface area contributed by atoms with Crippen molar-refractivity contribution in [2.45, 2.75) is 10.7 Å². The van der Waals surface area contributed by atoms with Gasteiger partial charge in [-0.3, -0.25) is 0 Å². The molecule has 72 valence electrons. The molecule has 2 aliphatic heterocycles. The Morgan fingerprint density at radius 1 is 1.21 bits per heavy atom. The van der Waals surface area contributed by atoms with Gasteiger partial charge < -0.3 is 9.47 Å². The van der Waals surface area contributed by atoms with E-state index in [9.17, 15) is 0 Å². The molecule has 0 aliphatic carbocycles. The van der Waals surface area contributed by atoms with Gasteiger partial charge in [-0.15, -0.1) is 11.8 Å². The van der Waals surface area contributed by atoms with Gasteiger partial charge in [-0.25, -0.2) is 0 Å². The molecular formula is C11H10O2S. The Bertz CT molecular complexity index is 345. The average Bonchev–Trinajstić information content (AvgIpc) is 2.68. The van der Waals surface area contributed by atoms with Crippen LogP contribution in [0.3, 0.4) is 0 Å². The molecule has 1 aromatic rings. The van der Waals surface area contributed by atoms with E-state index in [-0.39, 0.29) is 0 Å². The fraction of sp³-hybridized carbons (Fsp3) is 0.364. The van der Waals surface area contributed by atoms with Crippen molar-refractivity contribution in [3.63, 3.8) is 0 Å². The molecule has 2 nitrogen and oxygen atoms in total. The summed E-state index contributed by atoms with van der Waals surface area (Å²) < 4.78 is 11.3. The Kier molecular flexibility index (Phi) is 2.04. The van der Waals surface area contributed by atoms with Gasteiger partial charge in [0.2, 0.25) is 5.79 Å². The lowest BCUT2D eigenvalue weighted by molar-refractivity contribution is -0.139. The first-order chi connectivity index (χ1) is 6.91. The highest BCUT2D eigenvalue weighted by Crippen LogP contribution is 2.44. The summed E-state index contributed by atoms with van der Waals surface area (Å²) in [7, 11) is 0. The smallest absolute Gasteiger partial charge is 0.204 e. The summed E-state index contributed by atoms with van der Waals surface area (Å²) in [5, 5.41) is 0. The van der Waals surface area contributed by atoms with Crippen LogP contribution >= 0.6 is 11.8 Å². The van der Waals surface area contributed by atoms with E-state index in [1.54, 1.807) is 11.8 Å². The number of fused-ring (bicyclic) bond motifs is 2. The topological polar surface area (TPSA) is 18.5 Å². The van der Waals surface area contributed by atoms with Crippen LogP contribution < -0.4 is 0 Å². The summed E-state index contributed by atoms with van der Waals surface area (Å²) in [5.74, 6) is 0.166. The van der Waals surface area contributed by atoms with Crippen LogP contribution in [0.1, 0.15) is 5.56 Å². The van der Waals surface area contributed by atoms with Crippen LogP contribution in [-0.4, -0.2) is 19.0 Å². The molecule has 3 heteroatoms. The summed E-state index contributed by atoms with van der Waals surface area (Å²) >= 11 is 1.78. The van der Waals surface area contributed by atoms with E-state index in [0.717, 1.165) is 11.3 Å². The molecular weight excluding hydrogens is 196 g/mol. The van der Waals surface area contributed by atoms with Crippen molar-refractivity contribution in [3.05, 3.63) is 36.2 Å². The fourth-order valence-electron chi connectivity index (χ4n) is 1.84. The van der Waals surface area contributed by atoms with Crippen molar-refractivity contribution in [3.8, 4) is 0 Å². The number of rotatable bonds is 0. The third-order valence-corrected chi connectivity index (χ3v) is 3.42. The number of benzene rings is 1. The monoisotopic (exact) mass is 206 g/mol. The van der Waals surface area contributed by atoms with Crippen LogP contribution in [0.15, 0.2) is 29.2 Å². The number of hydrogen-bond donors (Lipinski definition) is 0. The van der Waals surface area contributed by atoms with E-state index < -0.39 is 5.79 Å². The maximum Gasteiger partial charge on any atom is 0.204 e. The Hall–Kier alpha value is -0.510. The van der Waals surface area contributed by atoms with Gasteiger partial charge in [0.25, 0.3) is 0 Å². The fourth-order valence-corrected chi connectivity index (χ4v) is 2.79. The summed E-state index contributed by atoms with van der Waals surface area (Å²) in [6.07, 6.45) is 3.27. The van der Waals surface area contributed by atoms with E-state index in [4.69, 9.17) is 9.47 Å². The Morgan fingerprint density at radius 3 is 2.86 bits per heavy atom. The molecule has 2 aliphatic rings. The summed E-state index contributed by atoms with van der Waals surface area (Å²) in [6.45, 7) is 1.32. The zero-order chi connectivity index (χ0) is 9.43. The zero-order valence-corrected chi connectivity index (χ0v) is 8.47. The number of ether oxygens (including phenoxy) is 2. The predicted octanol–water partition coefficient (Wildman–Crippen LogP) is 2.07. The second-order valence-corrected chi connectivity index (χ2v) is 4.29. The highest BCUT2D eigenvalue weighted by molar-refractivity contribution is 7.99. The molecule has 1 spiro atoms. The Labute approximate surface area is 87.6 Å². The van der Waals surface area contributed by atoms with Crippen molar-refractivity contribution in [2.24, 2.45) is 0 Å². The molecule has 1 fully saturated rings. The molecule has 0 unspecified atom stereocenters. The molecule has 14 heavy (non-hydrogen) atoms. The van der Waals surface area contributed by atoms with Gasteiger partial charge >= 0.3 is 0 Å². The maximum atomic E-state index is 5.66. The van der Waals surface area contributed by atoms with Crippen LogP contribution in [0.25, 0.3) is 0 Å². The highest BCUT2D eigenvalue weighted by Gasteiger charge is 2.42. The maximum absolute atomic E-state index is 5.66. The second-order valence-electron chi connectivity index (χ2n) is 3.28. The lowest BCUT2D eigenvalue weighted by atomic mass is 10.0. The molecule has 2 radical (unpaired) electrons. The number of thioether (sulfide) groups is 1. The molecule has 0 bridgehead atoms. The molecule has 0 saturated carbocycles. The van der Waals surface area contributed by atoms with Gasteiger partial charge in [0.1, 0.15) is 0 Å². The molecule has 0 atom stereocenters. The summed E-state index contributed by atoms with van der Waals surface area (Å²) in [6, 6.07) is 8.21. The first-order valence-corrected chi connectivity index (χ1v) is 5.64. The number of hydrogen-bond acceptors (Lipinski definition) is 3. The first kappa shape index (κ1) is 8.77. The SMILES string of the molecule is [C]1CSc2ccccc2C12OCCO2. The van der Waals surface area contributed by atoms with Crippen molar-refractivity contribution in [1.29, 1.82) is 0 Å². The van der Waals surface area contributed by atoms with Crippen LogP contribution in [-0.2, 0) is 15.3 Å². The third kappa shape index (κ3) is 1.20. The molecule has 1 aromatic carbocycles. The second kappa shape index (κ2) is 3.26. The van der Waals surface area contributed by atoms with Gasteiger partial charge in [0, 0.05) is 16.2 Å². The predicted molar refractivity (Wildman–Crippen MR) is 54.0 cm³/mol. The van der Waals surface area contributed by atoms with E-state index in [0.29, 0.717) is 13.2 Å². The Balaban J connectivity index is 2.10. The van der Waals surface area contributed by atoms with Crippen molar-refractivity contribution >= 4 is 11.8 Å². The minimum Gasteiger partial charge on any atom is -0.343 e. The zero-order valence-electron chi connectivity index (χ0n) is 7.66. The van der Waals surface area contributed by atoms with Crippen LogP contribution in [0.5, 0.6) is 0 Å². The summed E-state index contributed by atoms with van der Waals surface area (Å²) in [4.78, 5) is 1.24. The first-order valence-electron chi connectivity index (χ1n) is 4.66. The van der Waals surface area contributed by atoms with Crippen molar-refractivity contribution in [2.75, 3.05) is 19.0 Å². The minimum atomic E-state index is -0.665. The van der Waals surface area contributed by atoms with Gasteiger partial charge in [-0.05, 0) is 6.07 Å². The third-order valence-electron chi connectivity index (χ3n) is 2.47. The molecule has 0 amide bonds. The molecule has 2 heterocycles. The van der Waals surface area contributed by atoms with Crippen LogP contribution in [0, 0.1) is 6.42 Å². The lowest BCUT2D eigenvalue weighted by Gasteiger charge is -2.32. The van der Waals surface area contributed by atoms with E-state index in [2.05, 4.69) is 18.6 Å². The molecule has 3 rings (SSSR count). The highest BCUT2D eigenvalue weighted by atomic mass is 32.2. The van der Waals surface area contributed by atoms with E-state index in [1.807, 2.05) is 12.1 Å². The van der Waals surface area contributed by atoms with Crippen molar-refractivity contribution in [1.82, 2.24) is 0 Å². The molecule has 0 aromatic heterocycles. The quantitative estimate of drug-likeness (QED) is 0.647. The van der Waals surface area contributed by atoms with E-state index in [1.165, 1.54) is 4.90 Å². The standard InChI is InChI=1S/C11H10O2S/c1-2-4-10-9(3-1)11(5-8-14-10)12-6-7-13-11/h1-4H,6-8H2. The van der Waals surface area contributed by atoms with Crippen LogP contribution in [0.4, 0.5) is 0 Å². The van der Waals surface area contributed by atoms with Gasteiger partial charge in [-0.1, -0.05) is 18.2 Å². The van der Waals surface area contributed by atoms with Crippen LogP contribution in [0.2, 0.25) is 0 Å². The Morgan fingerprint density at radius 2 is 2.00 bits per heavy atom. The minimum absolute atomic E-state index is 0.659. The lowest BCUT2D eigenvalue weighted by Crippen LogP contribution is -2.31. The van der Waals surface area contributed by atoms with Crippen molar-refractivity contribution < 1.29 is 9.47 Å². The van der Waals surface area contributed by atoms with E-state index >= 15 is 0 Å². The molecule has 1 saturated heterocycles. The summed E-state index contributed by atoms with van der Waals surface area (Å²) in [5.41, 5.74) is 1.11. The van der Waals surface area contributed by atoms with Gasteiger partial charge in [0.15, 0.2) is 0 Å².